The molecular formula is C119H78BrN3S2. The monoisotopic (exact) mass is 1690 g/mol. The summed E-state index contributed by atoms with van der Waals surface area (Å²) in [6, 6.07) is 169. The van der Waals surface area contributed by atoms with Gasteiger partial charge in [0.25, 0.3) is 0 Å². The molecular weight excluding hydrogens is 1620 g/mol. The normalized spacial score (nSPS) is 13.1. The van der Waals surface area contributed by atoms with Crippen molar-refractivity contribution in [1.82, 2.24) is 9.13 Å². The minimum absolute atomic E-state index is 0.309. The summed E-state index contributed by atoms with van der Waals surface area (Å²) in [4.78, 5) is 7.78. The molecule has 0 atom stereocenters. The maximum Gasteiger partial charge on any atom is 0.0736 e. The summed E-state index contributed by atoms with van der Waals surface area (Å²) in [5.74, 6) is 0. The number of halogens is 1. The lowest BCUT2D eigenvalue weighted by atomic mass is 9.67. The molecule has 0 unspecified atom stereocenters. The Hall–Kier alpha value is -14.5. The zero-order valence-electron chi connectivity index (χ0n) is 68.1. The number of anilines is 3. The van der Waals surface area contributed by atoms with Crippen LogP contribution in [0.4, 0.5) is 17.1 Å². The summed E-state index contributed by atoms with van der Waals surface area (Å²) in [5, 5.41) is 10.2. The molecule has 0 saturated carbocycles. The Morgan fingerprint density at radius 3 is 1.17 bits per heavy atom. The van der Waals surface area contributed by atoms with E-state index < -0.39 is 5.41 Å². The van der Waals surface area contributed by atoms with Crippen LogP contribution in [0.15, 0.2) is 485 Å². The summed E-state index contributed by atoms with van der Waals surface area (Å²) in [6.45, 7) is 0. The summed E-state index contributed by atoms with van der Waals surface area (Å²) in [6.07, 6.45) is 0.909. The first-order valence-electron chi connectivity index (χ1n) is 42.9. The van der Waals surface area contributed by atoms with Gasteiger partial charge in [0.15, 0.2) is 0 Å². The summed E-state index contributed by atoms with van der Waals surface area (Å²) in [5.41, 5.74) is 33.5. The third-order valence-electron chi connectivity index (χ3n) is 26.3. The highest BCUT2D eigenvalue weighted by Gasteiger charge is 2.53. The van der Waals surface area contributed by atoms with Crippen LogP contribution in [0.1, 0.15) is 55.6 Å². The lowest BCUT2D eigenvalue weighted by Gasteiger charge is -2.40. The Kier molecular flexibility index (Phi) is 18.2. The number of hydrogen-bond donors (Lipinski definition) is 0. The van der Waals surface area contributed by atoms with Crippen LogP contribution in [0.2, 0.25) is 0 Å². The van der Waals surface area contributed by atoms with Crippen LogP contribution < -0.4 is 4.90 Å². The molecule has 6 heteroatoms. The van der Waals surface area contributed by atoms with Crippen molar-refractivity contribution in [2.75, 3.05) is 4.90 Å². The van der Waals surface area contributed by atoms with Gasteiger partial charge in [0.1, 0.15) is 0 Å². The van der Waals surface area contributed by atoms with Gasteiger partial charge >= 0.3 is 0 Å². The van der Waals surface area contributed by atoms with E-state index in [1.165, 1.54) is 191 Å². The van der Waals surface area contributed by atoms with Gasteiger partial charge in [0.05, 0.1) is 38.6 Å². The van der Waals surface area contributed by atoms with Crippen LogP contribution in [0.25, 0.3) is 121 Å². The number of rotatable bonds is 9. The molecule has 0 radical (unpaired) electrons. The Labute approximate surface area is 743 Å². The van der Waals surface area contributed by atoms with E-state index in [1.807, 2.05) is 23.5 Å². The molecule has 0 N–H and O–H groups in total. The van der Waals surface area contributed by atoms with Crippen LogP contribution in [-0.2, 0) is 17.3 Å². The van der Waals surface area contributed by atoms with E-state index in [1.54, 1.807) is 0 Å². The van der Waals surface area contributed by atoms with Gasteiger partial charge in [-0.25, -0.2) is 0 Å². The van der Waals surface area contributed by atoms with E-state index in [0.717, 1.165) is 33.6 Å². The smallest absolute Gasteiger partial charge is 0.0736 e. The molecule has 2 aliphatic heterocycles. The van der Waals surface area contributed by atoms with Crippen LogP contribution in [-0.4, -0.2) is 9.13 Å². The zero-order valence-corrected chi connectivity index (χ0v) is 71.3. The first kappa shape index (κ1) is 74.3. The molecule has 0 bridgehead atoms. The van der Waals surface area contributed by atoms with Gasteiger partial charge in [-0.1, -0.05) is 379 Å². The maximum absolute atomic E-state index is 3.78. The molecule has 2 aliphatic carbocycles. The van der Waals surface area contributed by atoms with Crippen molar-refractivity contribution in [3.8, 4) is 55.9 Å². The van der Waals surface area contributed by atoms with Crippen molar-refractivity contribution < 1.29 is 0 Å². The summed E-state index contributed by atoms with van der Waals surface area (Å²) >= 11 is 7.56. The van der Waals surface area contributed by atoms with Gasteiger partial charge in [-0.2, -0.15) is 0 Å². The van der Waals surface area contributed by atoms with E-state index in [2.05, 4.69) is 491 Å². The van der Waals surface area contributed by atoms with Gasteiger partial charge < -0.3 is 14.0 Å². The van der Waals surface area contributed by atoms with E-state index in [-0.39, 0.29) is 5.41 Å². The molecule has 0 fully saturated rings. The highest BCUT2D eigenvalue weighted by Crippen LogP contribution is 2.66. The lowest BCUT2D eigenvalue weighted by Crippen LogP contribution is -2.32. The Morgan fingerprint density at radius 1 is 0.248 bits per heavy atom. The van der Waals surface area contributed by atoms with Crippen LogP contribution >= 0.6 is 39.5 Å². The average molecular weight is 1690 g/mol. The third kappa shape index (κ3) is 11.9. The molecule has 0 saturated heterocycles. The van der Waals surface area contributed by atoms with Gasteiger partial charge in [0, 0.05) is 73.9 Å². The van der Waals surface area contributed by atoms with Gasteiger partial charge in [-0.3, -0.25) is 0 Å². The molecule has 125 heavy (non-hydrogen) atoms. The van der Waals surface area contributed by atoms with Crippen LogP contribution in [0.5, 0.6) is 0 Å². The average Bonchev–Trinajstić information content (AvgIpc) is 1.52. The largest absolute Gasteiger partial charge is 0.310 e. The fourth-order valence-corrected chi connectivity index (χ4v) is 23.9. The minimum Gasteiger partial charge on any atom is -0.310 e. The minimum atomic E-state index is -0.527. The molecule has 2 aromatic heterocycles. The highest BCUT2D eigenvalue weighted by atomic mass is 79.9. The molecule has 0 amide bonds. The van der Waals surface area contributed by atoms with Crippen molar-refractivity contribution in [2.45, 2.75) is 36.8 Å². The van der Waals surface area contributed by atoms with E-state index in [4.69, 9.17) is 0 Å². The van der Waals surface area contributed by atoms with E-state index >= 15 is 0 Å². The Bertz CT molecular complexity index is 7960. The molecule has 4 heterocycles. The Balaban J connectivity index is 0.000000116. The SMILES string of the molecule is Brc1ccc2c(c1)C1(c3ccccc3Sc3ccccc31)c1ccc3ccccc3c1-2.c1ccc(-c2ccccc2Cc2ccc3c(c2)c2ccccc2n3-c2ccccc2)cc1.c1ccc(-c2ccccc2N(c2ccc3c(c2)C2(c4ccccc4Sc4ccccc42)c2ccc4ccccc4c2-3)c2ccc3c(c2)c2ccccc2n3-c2ccccc2)cc1. The van der Waals surface area contributed by atoms with Crippen molar-refractivity contribution in [2.24, 2.45) is 0 Å². The van der Waals surface area contributed by atoms with Crippen LogP contribution in [0, 0.1) is 0 Å². The standard InChI is InChI=1S/C59H38N2S.C31H23N.C29H17BrS/c1-3-17-39(18-4-1)44-22-9-13-27-53(44)60(42-33-36-55-48(37-42)46-24-10-14-28-54(46)61(55)41-20-5-2-6-21-41)43-32-34-47-52(38-43)59(51-35-31-40-19-7-8-23-45(40)58(47)51)49-25-11-15-29-56(49)62-57-30-16-12-26-50(57)59;1-3-11-24(12-4-1)27-16-8-7-13-25(27)21-23-19-20-31-29(22-23)28-17-9-10-18-30(28)32(31)26-14-5-2-6-15-26;30-19-14-15-21-25(17-19)29(24-16-13-18-7-1-2-8-20(18)28(21)24)22-9-3-5-11-26(22)31-27-12-6-4-10-23(27)29/h1-38H;1-20,22H,21H2;1-17H. The molecule has 588 valence electrons. The molecule has 4 aliphatic rings. The highest BCUT2D eigenvalue weighted by molar-refractivity contribution is 9.10. The second kappa shape index (κ2) is 30.5. The second-order valence-electron chi connectivity index (χ2n) is 32.9. The summed E-state index contributed by atoms with van der Waals surface area (Å²) in [7, 11) is 0. The lowest BCUT2D eigenvalue weighted by molar-refractivity contribution is 0.722. The van der Waals surface area contributed by atoms with Gasteiger partial charge in [-0.05, 0) is 244 Å². The molecule has 20 aromatic carbocycles. The fraction of sp³-hybridized carbons (Fsp3) is 0.0252. The molecule has 26 rings (SSSR count). The topological polar surface area (TPSA) is 13.1 Å². The number of para-hydroxylation sites is 5. The first-order chi connectivity index (χ1) is 61.9. The van der Waals surface area contributed by atoms with E-state index in [0.29, 0.717) is 0 Å². The molecule has 2 spiro atoms. The van der Waals surface area contributed by atoms with Crippen LogP contribution in [0.3, 0.4) is 0 Å². The number of benzene rings is 20. The number of fused-ring (bicyclic) bond motifs is 28. The number of hydrogen-bond acceptors (Lipinski definition) is 3. The van der Waals surface area contributed by atoms with Crippen molar-refractivity contribution in [3.63, 3.8) is 0 Å². The van der Waals surface area contributed by atoms with Gasteiger partial charge in [0.2, 0.25) is 0 Å². The number of aromatic nitrogens is 2. The first-order valence-corrected chi connectivity index (χ1v) is 45.3. The van der Waals surface area contributed by atoms with Crippen molar-refractivity contribution in [1.29, 1.82) is 0 Å². The third-order valence-corrected chi connectivity index (χ3v) is 29.1. The zero-order chi connectivity index (χ0) is 82.7. The fourth-order valence-electron chi connectivity index (χ4n) is 21.1. The van der Waals surface area contributed by atoms with E-state index in [9.17, 15) is 0 Å². The Morgan fingerprint density at radius 2 is 0.632 bits per heavy atom. The predicted octanol–water partition coefficient (Wildman–Crippen LogP) is 32.4. The van der Waals surface area contributed by atoms with Crippen molar-refractivity contribution in [3.05, 3.63) is 521 Å². The quantitative estimate of drug-likeness (QED) is 0.143. The molecule has 22 aromatic rings. The number of nitrogens with zero attached hydrogens (tertiary/aromatic N) is 3. The second-order valence-corrected chi connectivity index (χ2v) is 36.0. The van der Waals surface area contributed by atoms with Gasteiger partial charge in [-0.15, -0.1) is 0 Å². The molecule has 3 nitrogen and oxygen atoms in total. The van der Waals surface area contributed by atoms with Crippen molar-refractivity contribution >= 4 is 122 Å². The summed E-state index contributed by atoms with van der Waals surface area (Å²) < 4.78 is 5.88. The maximum atomic E-state index is 3.78. The predicted molar refractivity (Wildman–Crippen MR) is 528 cm³/mol.